The summed E-state index contributed by atoms with van der Waals surface area (Å²) in [5, 5.41) is 72.7. The minimum Gasteiger partial charge on any atom is -0.394 e. The molecule has 44 heavy (non-hydrogen) atoms. The van der Waals surface area contributed by atoms with Crippen LogP contribution in [0.15, 0.2) is 0 Å². The molecular formula is C21H38O21S2. The fraction of sp³-hybridized carbons (Fsp3) is 1.00. The topological polar surface area (TPSA) is 324 Å². The summed E-state index contributed by atoms with van der Waals surface area (Å²) in [6.45, 7) is 0.917. The van der Waals surface area contributed by atoms with Gasteiger partial charge in [-0.25, -0.2) is 8.37 Å². The lowest BCUT2D eigenvalue weighted by molar-refractivity contribution is -0.384. The lowest BCUT2D eigenvalue weighted by Gasteiger charge is -2.49. The molecule has 15 atom stereocenters. The Morgan fingerprint density at radius 2 is 1.23 bits per heavy atom. The average Bonchev–Trinajstić information content (AvgIpc) is 2.93. The molecule has 21 nitrogen and oxygen atoms in total. The lowest BCUT2D eigenvalue weighted by atomic mass is 9.96. The van der Waals surface area contributed by atoms with Crippen LogP contribution in [-0.2, 0) is 57.6 Å². The van der Waals surface area contributed by atoms with E-state index < -0.39 is 126 Å². The van der Waals surface area contributed by atoms with E-state index in [9.17, 15) is 52.6 Å². The summed E-state index contributed by atoms with van der Waals surface area (Å²) in [5.41, 5.74) is 0. The highest BCUT2D eigenvalue weighted by atomic mass is 32.3. The Morgan fingerprint density at radius 1 is 0.659 bits per heavy atom. The Balaban J connectivity index is 2.01. The zero-order chi connectivity index (χ0) is 33.1. The second-order valence-electron chi connectivity index (χ2n) is 10.2. The zero-order valence-electron chi connectivity index (χ0n) is 23.2. The van der Waals surface area contributed by atoms with Crippen LogP contribution in [0.4, 0.5) is 0 Å². The molecule has 3 heterocycles. The minimum absolute atomic E-state index is 0.0223. The third-order valence-corrected chi connectivity index (χ3v) is 7.83. The number of ether oxygens (including phenoxy) is 6. The van der Waals surface area contributed by atoms with Crippen LogP contribution in [0.5, 0.6) is 0 Å². The molecule has 23 heteroatoms. The first-order valence-electron chi connectivity index (χ1n) is 13.2. The predicted octanol–water partition coefficient (Wildman–Crippen LogP) is -5.46. The molecule has 0 radical (unpaired) electrons. The van der Waals surface area contributed by atoms with Crippen LogP contribution < -0.4 is 0 Å². The monoisotopic (exact) mass is 690 g/mol. The summed E-state index contributed by atoms with van der Waals surface area (Å²) >= 11 is 0. The van der Waals surface area contributed by atoms with Gasteiger partial charge < -0.3 is 64.2 Å². The van der Waals surface area contributed by atoms with E-state index in [2.05, 4.69) is 8.37 Å². The standard InChI is InChI=1S/C21H38O21S2/c1-3-4-35-19-15(28)18(41-20-13(26)12(25)10(23)7(2)37-20)16(9(39-19)6-36-43(29,30)31)40-21-14(27)17(42-44(32,33)34)11(24)8(5-22)38-21/h7-28H,3-6H2,1-2H3,(H,29,30,31)(H,32,33,34)/t7-,8+,9+,10+,11-,12+,13-,14+,15+,16+,17-,18+,19+,20-,21-/m0/s1. The van der Waals surface area contributed by atoms with Crippen molar-refractivity contribution in [3.63, 3.8) is 0 Å². The number of hydrogen-bond acceptors (Lipinski definition) is 19. The Bertz CT molecular complexity index is 1120. The molecule has 0 aromatic carbocycles. The van der Waals surface area contributed by atoms with Crippen molar-refractivity contribution in [3.8, 4) is 0 Å². The third-order valence-electron chi connectivity index (χ3n) is 6.93. The molecule has 0 unspecified atom stereocenters. The SMILES string of the molecule is CCCO[C@@H]1O[C@H](COS(=O)(=O)O)[C@@H](O[C@@H]2O[C@H](CO)[C@H](O)[C@H](OS(=O)(=O)O)[C@H]2O)[C@H](O[C@@H]2O[C@@H](C)[C@@H](O)[C@@H](O)[C@@H]2O)[C@H]1O. The summed E-state index contributed by atoms with van der Waals surface area (Å²) in [5.74, 6) is 0. The van der Waals surface area contributed by atoms with Gasteiger partial charge in [0.2, 0.25) is 0 Å². The summed E-state index contributed by atoms with van der Waals surface area (Å²) in [6.07, 6.45) is -27.2. The van der Waals surface area contributed by atoms with Gasteiger partial charge in [0, 0.05) is 6.61 Å². The van der Waals surface area contributed by atoms with Gasteiger partial charge in [-0.3, -0.25) is 9.11 Å². The zero-order valence-corrected chi connectivity index (χ0v) is 24.9. The molecule has 0 aliphatic carbocycles. The van der Waals surface area contributed by atoms with Crippen molar-refractivity contribution < 1.29 is 98.5 Å². The number of aliphatic hydroxyl groups is 7. The van der Waals surface area contributed by atoms with Gasteiger partial charge in [0.05, 0.1) is 19.3 Å². The molecule has 0 aromatic heterocycles. The van der Waals surface area contributed by atoms with Crippen molar-refractivity contribution in [1.82, 2.24) is 0 Å². The number of aliphatic hydroxyl groups excluding tert-OH is 7. The van der Waals surface area contributed by atoms with Gasteiger partial charge in [-0.15, -0.1) is 0 Å². The van der Waals surface area contributed by atoms with E-state index in [0.717, 1.165) is 0 Å². The first-order chi connectivity index (χ1) is 20.4. The van der Waals surface area contributed by atoms with Gasteiger partial charge in [0.15, 0.2) is 18.9 Å². The highest BCUT2D eigenvalue weighted by Gasteiger charge is 2.55. The van der Waals surface area contributed by atoms with Crippen molar-refractivity contribution in [3.05, 3.63) is 0 Å². The summed E-state index contributed by atoms with van der Waals surface area (Å²) in [7, 11) is -10.4. The molecule has 0 bridgehead atoms. The Labute approximate surface area is 251 Å². The molecule has 0 saturated carbocycles. The van der Waals surface area contributed by atoms with Crippen LogP contribution in [0.1, 0.15) is 20.3 Å². The minimum atomic E-state index is -5.31. The largest absolute Gasteiger partial charge is 0.397 e. The maximum absolute atomic E-state index is 11.4. The van der Waals surface area contributed by atoms with E-state index >= 15 is 0 Å². The summed E-state index contributed by atoms with van der Waals surface area (Å²) < 4.78 is 106. The van der Waals surface area contributed by atoms with Gasteiger partial charge in [0.1, 0.15) is 67.1 Å². The quantitative estimate of drug-likeness (QED) is 0.0814. The Hall–Kier alpha value is -0.780. The number of hydrogen-bond donors (Lipinski definition) is 9. The van der Waals surface area contributed by atoms with E-state index in [1.165, 1.54) is 6.92 Å². The molecule has 0 amide bonds. The van der Waals surface area contributed by atoms with Crippen molar-refractivity contribution >= 4 is 20.8 Å². The molecule has 260 valence electrons. The van der Waals surface area contributed by atoms with Crippen LogP contribution in [0.3, 0.4) is 0 Å². The summed E-state index contributed by atoms with van der Waals surface area (Å²) in [6, 6.07) is 0. The van der Waals surface area contributed by atoms with Crippen molar-refractivity contribution in [2.45, 2.75) is 112 Å². The Kier molecular flexibility index (Phi) is 13.2. The fourth-order valence-electron chi connectivity index (χ4n) is 4.73. The van der Waals surface area contributed by atoms with Gasteiger partial charge >= 0.3 is 20.8 Å². The fourth-order valence-corrected chi connectivity index (χ4v) is 5.54. The highest BCUT2D eigenvalue weighted by Crippen LogP contribution is 2.34. The van der Waals surface area contributed by atoms with Crippen molar-refractivity contribution in [1.29, 1.82) is 0 Å². The van der Waals surface area contributed by atoms with Crippen LogP contribution in [0.2, 0.25) is 0 Å². The van der Waals surface area contributed by atoms with Crippen molar-refractivity contribution in [2.75, 3.05) is 19.8 Å². The van der Waals surface area contributed by atoms with E-state index in [1.807, 2.05) is 0 Å². The van der Waals surface area contributed by atoms with E-state index in [0.29, 0.717) is 6.42 Å². The molecule has 9 N–H and O–H groups in total. The van der Waals surface area contributed by atoms with Crippen molar-refractivity contribution in [2.24, 2.45) is 0 Å². The van der Waals surface area contributed by atoms with Gasteiger partial charge in [0.25, 0.3) is 0 Å². The molecule has 0 spiro atoms. The Morgan fingerprint density at radius 3 is 1.80 bits per heavy atom. The number of rotatable bonds is 13. The van der Waals surface area contributed by atoms with Crippen LogP contribution in [-0.4, -0.2) is 174 Å². The molecule has 3 saturated heterocycles. The first-order valence-corrected chi connectivity index (χ1v) is 16.0. The first kappa shape index (κ1) is 37.7. The maximum atomic E-state index is 11.4. The second kappa shape index (κ2) is 15.4. The lowest BCUT2D eigenvalue weighted by Crippen LogP contribution is -2.67. The highest BCUT2D eigenvalue weighted by molar-refractivity contribution is 7.81. The summed E-state index contributed by atoms with van der Waals surface area (Å²) in [4.78, 5) is 0. The van der Waals surface area contributed by atoms with Gasteiger partial charge in [-0.05, 0) is 13.3 Å². The molecule has 3 aliphatic rings. The van der Waals surface area contributed by atoms with Crippen LogP contribution in [0.25, 0.3) is 0 Å². The molecular weight excluding hydrogens is 652 g/mol. The second-order valence-corrected chi connectivity index (χ2v) is 12.3. The predicted molar refractivity (Wildman–Crippen MR) is 135 cm³/mol. The van der Waals surface area contributed by atoms with Crippen LogP contribution in [0, 0.1) is 0 Å². The van der Waals surface area contributed by atoms with Gasteiger partial charge in [-0.1, -0.05) is 6.92 Å². The molecule has 0 aromatic rings. The normalized spacial score (nSPS) is 44.0. The smallest absolute Gasteiger partial charge is 0.394 e. The third kappa shape index (κ3) is 9.40. The van der Waals surface area contributed by atoms with E-state index in [1.54, 1.807) is 6.92 Å². The molecule has 3 rings (SSSR count). The average molecular weight is 691 g/mol. The van der Waals surface area contributed by atoms with Gasteiger partial charge in [-0.2, -0.15) is 16.8 Å². The van der Waals surface area contributed by atoms with E-state index in [4.69, 9.17) is 37.5 Å². The van der Waals surface area contributed by atoms with Crippen LogP contribution >= 0.6 is 0 Å². The molecule has 3 fully saturated rings. The molecule has 3 aliphatic heterocycles. The maximum Gasteiger partial charge on any atom is 0.397 e. The van der Waals surface area contributed by atoms with E-state index in [-0.39, 0.29) is 6.61 Å².